The van der Waals surface area contributed by atoms with Gasteiger partial charge in [0, 0.05) is 12.6 Å². The van der Waals surface area contributed by atoms with E-state index in [1.165, 1.54) is 19.3 Å². The van der Waals surface area contributed by atoms with Crippen LogP contribution in [0.25, 0.3) is 0 Å². The molecule has 0 bridgehead atoms. The van der Waals surface area contributed by atoms with Gasteiger partial charge in [0.1, 0.15) is 0 Å². The first-order valence-corrected chi connectivity index (χ1v) is 6.14. The molecule has 1 amide bonds. The van der Waals surface area contributed by atoms with Gasteiger partial charge >= 0.3 is 0 Å². The lowest BCUT2D eigenvalue weighted by atomic mass is 9.95. The lowest BCUT2D eigenvalue weighted by molar-refractivity contribution is -0.133. The van der Waals surface area contributed by atoms with Gasteiger partial charge in [-0.15, -0.1) is 0 Å². The van der Waals surface area contributed by atoms with E-state index in [0.29, 0.717) is 6.04 Å². The number of rotatable bonds is 4. The van der Waals surface area contributed by atoms with E-state index in [9.17, 15) is 4.79 Å². The van der Waals surface area contributed by atoms with Crippen LogP contribution in [0.15, 0.2) is 0 Å². The predicted octanol–water partition coefficient (Wildman–Crippen LogP) is 1.76. The molecular formula is C12H24N2O. The molecule has 88 valence electrons. The molecule has 0 aromatic heterocycles. The number of nitrogens with zero attached hydrogens (tertiary/aromatic N) is 1. The highest BCUT2D eigenvalue weighted by Crippen LogP contribution is 2.22. The lowest BCUT2D eigenvalue weighted by Crippen LogP contribution is -2.46. The van der Waals surface area contributed by atoms with Crippen LogP contribution in [0.5, 0.6) is 0 Å². The van der Waals surface area contributed by atoms with Crippen molar-refractivity contribution in [2.75, 3.05) is 13.1 Å². The van der Waals surface area contributed by atoms with Crippen molar-refractivity contribution in [3.8, 4) is 0 Å². The number of carbonyl (C=O) groups is 1. The van der Waals surface area contributed by atoms with E-state index in [1.807, 2.05) is 4.90 Å². The molecule has 1 unspecified atom stereocenters. The zero-order chi connectivity index (χ0) is 11.3. The summed E-state index contributed by atoms with van der Waals surface area (Å²) in [6.07, 6.45) is 5.92. The maximum Gasteiger partial charge on any atom is 0.236 e. The molecule has 1 aliphatic heterocycles. The number of hydrogen-bond acceptors (Lipinski definition) is 2. The number of piperidine rings is 1. The molecule has 0 radical (unpaired) electrons. The van der Waals surface area contributed by atoms with Crippen LogP contribution in [0.4, 0.5) is 0 Å². The first-order chi connectivity index (χ1) is 7.15. The van der Waals surface area contributed by atoms with Gasteiger partial charge in [-0.05, 0) is 38.0 Å². The van der Waals surface area contributed by atoms with Crippen molar-refractivity contribution in [3.05, 3.63) is 0 Å². The standard InChI is InChI=1S/C12H24N2O/c1-10(2)6-7-11-5-3-4-8-14(11)12(15)9-13/h10-11H,3-9,13H2,1-2H3. The van der Waals surface area contributed by atoms with Crippen LogP contribution in [0, 0.1) is 5.92 Å². The molecule has 3 heteroatoms. The summed E-state index contributed by atoms with van der Waals surface area (Å²) >= 11 is 0. The molecule has 0 aromatic rings. The van der Waals surface area contributed by atoms with Gasteiger partial charge in [-0.3, -0.25) is 4.79 Å². The largest absolute Gasteiger partial charge is 0.339 e. The molecule has 0 spiro atoms. The van der Waals surface area contributed by atoms with Crippen molar-refractivity contribution < 1.29 is 4.79 Å². The van der Waals surface area contributed by atoms with Gasteiger partial charge in [-0.2, -0.15) is 0 Å². The van der Waals surface area contributed by atoms with Crippen LogP contribution in [0.3, 0.4) is 0 Å². The van der Waals surface area contributed by atoms with Crippen molar-refractivity contribution in [3.63, 3.8) is 0 Å². The summed E-state index contributed by atoms with van der Waals surface area (Å²) in [5, 5.41) is 0. The predicted molar refractivity (Wildman–Crippen MR) is 62.5 cm³/mol. The summed E-state index contributed by atoms with van der Waals surface area (Å²) in [6.45, 7) is 5.55. The normalized spacial score (nSPS) is 22.1. The molecule has 1 atom stereocenters. The van der Waals surface area contributed by atoms with Crippen LogP contribution in [0.1, 0.15) is 46.0 Å². The van der Waals surface area contributed by atoms with E-state index in [1.54, 1.807) is 0 Å². The fourth-order valence-corrected chi connectivity index (χ4v) is 2.27. The highest BCUT2D eigenvalue weighted by Gasteiger charge is 2.25. The van der Waals surface area contributed by atoms with Crippen molar-refractivity contribution in [2.45, 2.75) is 52.0 Å². The van der Waals surface area contributed by atoms with E-state index in [-0.39, 0.29) is 12.5 Å². The van der Waals surface area contributed by atoms with Gasteiger partial charge in [0.15, 0.2) is 0 Å². The van der Waals surface area contributed by atoms with Crippen LogP contribution in [-0.4, -0.2) is 29.9 Å². The summed E-state index contributed by atoms with van der Waals surface area (Å²) in [5.41, 5.74) is 5.43. The Morgan fingerprint density at radius 2 is 2.20 bits per heavy atom. The minimum Gasteiger partial charge on any atom is -0.339 e. The van der Waals surface area contributed by atoms with Gasteiger partial charge in [0.2, 0.25) is 5.91 Å². The third kappa shape index (κ3) is 3.82. The van der Waals surface area contributed by atoms with E-state index in [0.717, 1.165) is 25.3 Å². The summed E-state index contributed by atoms with van der Waals surface area (Å²) in [4.78, 5) is 13.6. The van der Waals surface area contributed by atoms with Gasteiger partial charge in [-0.1, -0.05) is 13.8 Å². The fourth-order valence-electron chi connectivity index (χ4n) is 2.27. The minimum absolute atomic E-state index is 0.128. The Kier molecular flexibility index (Phi) is 5.09. The zero-order valence-corrected chi connectivity index (χ0v) is 10.0. The van der Waals surface area contributed by atoms with Gasteiger partial charge < -0.3 is 10.6 Å². The quantitative estimate of drug-likeness (QED) is 0.772. The third-order valence-corrected chi connectivity index (χ3v) is 3.20. The Balaban J connectivity index is 2.46. The SMILES string of the molecule is CC(C)CCC1CCCCN1C(=O)CN. The summed E-state index contributed by atoms with van der Waals surface area (Å²) in [6, 6.07) is 0.456. The second kappa shape index (κ2) is 6.11. The Morgan fingerprint density at radius 1 is 1.47 bits per heavy atom. The average Bonchev–Trinajstić information content (AvgIpc) is 2.25. The van der Waals surface area contributed by atoms with Crippen molar-refractivity contribution in [2.24, 2.45) is 11.7 Å². The Hall–Kier alpha value is -0.570. The summed E-state index contributed by atoms with van der Waals surface area (Å²) in [7, 11) is 0. The van der Waals surface area contributed by atoms with Crippen LogP contribution < -0.4 is 5.73 Å². The molecule has 2 N–H and O–H groups in total. The van der Waals surface area contributed by atoms with E-state index >= 15 is 0 Å². The minimum atomic E-state index is 0.128. The number of likely N-dealkylation sites (tertiary alicyclic amines) is 1. The smallest absolute Gasteiger partial charge is 0.236 e. The van der Waals surface area contributed by atoms with E-state index < -0.39 is 0 Å². The van der Waals surface area contributed by atoms with Gasteiger partial charge in [0.25, 0.3) is 0 Å². The number of nitrogens with two attached hydrogens (primary N) is 1. The van der Waals surface area contributed by atoms with Crippen LogP contribution >= 0.6 is 0 Å². The van der Waals surface area contributed by atoms with Crippen molar-refractivity contribution >= 4 is 5.91 Å². The molecule has 1 fully saturated rings. The van der Waals surface area contributed by atoms with E-state index in [4.69, 9.17) is 5.73 Å². The summed E-state index contributed by atoms with van der Waals surface area (Å²) in [5.74, 6) is 0.852. The summed E-state index contributed by atoms with van der Waals surface area (Å²) < 4.78 is 0. The molecule has 0 aliphatic carbocycles. The number of carbonyl (C=O) groups excluding carboxylic acids is 1. The maximum atomic E-state index is 11.6. The first kappa shape index (κ1) is 12.5. The molecule has 1 rings (SSSR count). The molecular weight excluding hydrogens is 188 g/mol. The lowest BCUT2D eigenvalue weighted by Gasteiger charge is -2.36. The maximum absolute atomic E-state index is 11.6. The fraction of sp³-hybridized carbons (Fsp3) is 0.917. The number of hydrogen-bond donors (Lipinski definition) is 1. The van der Waals surface area contributed by atoms with Gasteiger partial charge in [0.05, 0.1) is 6.54 Å². The van der Waals surface area contributed by atoms with Gasteiger partial charge in [-0.25, -0.2) is 0 Å². The average molecular weight is 212 g/mol. The zero-order valence-electron chi connectivity index (χ0n) is 10.0. The Morgan fingerprint density at radius 3 is 2.80 bits per heavy atom. The second-order valence-electron chi connectivity index (χ2n) is 4.91. The highest BCUT2D eigenvalue weighted by atomic mass is 16.2. The van der Waals surface area contributed by atoms with Crippen LogP contribution in [-0.2, 0) is 4.79 Å². The third-order valence-electron chi connectivity index (χ3n) is 3.20. The second-order valence-corrected chi connectivity index (χ2v) is 4.91. The molecule has 0 aromatic carbocycles. The molecule has 1 saturated heterocycles. The van der Waals surface area contributed by atoms with Crippen molar-refractivity contribution in [1.82, 2.24) is 4.90 Å². The monoisotopic (exact) mass is 212 g/mol. The van der Waals surface area contributed by atoms with Crippen LogP contribution in [0.2, 0.25) is 0 Å². The number of amides is 1. The molecule has 15 heavy (non-hydrogen) atoms. The van der Waals surface area contributed by atoms with E-state index in [2.05, 4.69) is 13.8 Å². The molecule has 1 heterocycles. The molecule has 3 nitrogen and oxygen atoms in total. The Bertz CT molecular complexity index is 204. The molecule has 0 saturated carbocycles. The van der Waals surface area contributed by atoms with Crippen molar-refractivity contribution in [1.29, 1.82) is 0 Å². The first-order valence-electron chi connectivity index (χ1n) is 6.14. The highest BCUT2D eigenvalue weighted by molar-refractivity contribution is 5.78. The molecule has 1 aliphatic rings. The topological polar surface area (TPSA) is 46.3 Å². The Labute approximate surface area is 93.0 Å².